The van der Waals surface area contributed by atoms with E-state index in [0.717, 1.165) is 0 Å². The van der Waals surface area contributed by atoms with E-state index in [2.05, 4.69) is 15.4 Å². The molecule has 19 heavy (non-hydrogen) atoms. The molecule has 0 saturated carbocycles. The van der Waals surface area contributed by atoms with E-state index in [1.165, 1.54) is 6.26 Å². The fourth-order valence-electron chi connectivity index (χ4n) is 1.60. The van der Waals surface area contributed by atoms with Gasteiger partial charge in [0.1, 0.15) is 0 Å². The maximum Gasteiger partial charge on any atom is 0.291 e. The van der Waals surface area contributed by atoms with Crippen LogP contribution in [0.1, 0.15) is 10.6 Å². The minimum atomic E-state index is -0.314. The van der Waals surface area contributed by atoms with Crippen molar-refractivity contribution in [1.82, 2.24) is 14.8 Å². The molecular weight excluding hydrogens is 244 g/mol. The topological polar surface area (TPSA) is 73.0 Å². The quantitative estimate of drug-likeness (QED) is 0.776. The number of nitrogens with one attached hydrogen (secondary N) is 1. The van der Waals surface area contributed by atoms with Gasteiger partial charge in [0.15, 0.2) is 11.6 Å². The van der Waals surface area contributed by atoms with Crippen molar-refractivity contribution in [2.75, 3.05) is 5.32 Å². The molecule has 0 aliphatic rings. The van der Waals surface area contributed by atoms with Gasteiger partial charge in [-0.15, -0.1) is 0 Å². The second-order valence-electron chi connectivity index (χ2n) is 3.79. The number of nitrogens with zero attached hydrogens (tertiary/aromatic N) is 3. The summed E-state index contributed by atoms with van der Waals surface area (Å²) in [5, 5.41) is 6.82. The third-order valence-corrected chi connectivity index (χ3v) is 2.47. The summed E-state index contributed by atoms with van der Waals surface area (Å²) in [6, 6.07) is 8.77. The van der Waals surface area contributed by atoms with Crippen LogP contribution in [-0.2, 0) is 0 Å². The number of aromatic nitrogens is 3. The number of hydrogen-bond acceptors (Lipinski definition) is 4. The van der Waals surface area contributed by atoms with Crippen LogP contribution in [0.15, 0.2) is 59.6 Å². The zero-order valence-electron chi connectivity index (χ0n) is 9.85. The average molecular weight is 254 g/mol. The predicted octanol–water partition coefficient (Wildman–Crippen LogP) is 2.11. The summed E-state index contributed by atoms with van der Waals surface area (Å²) in [6.07, 6.45) is 6.36. The van der Waals surface area contributed by atoms with E-state index >= 15 is 0 Å². The summed E-state index contributed by atoms with van der Waals surface area (Å²) in [6.45, 7) is 0. The molecule has 0 bridgehead atoms. The summed E-state index contributed by atoms with van der Waals surface area (Å²) in [4.78, 5) is 15.9. The number of anilines is 1. The van der Waals surface area contributed by atoms with Crippen molar-refractivity contribution in [3.05, 3.63) is 60.9 Å². The number of furan rings is 1. The van der Waals surface area contributed by atoms with E-state index < -0.39 is 0 Å². The maximum absolute atomic E-state index is 11.8. The van der Waals surface area contributed by atoms with E-state index in [0.29, 0.717) is 11.5 Å². The number of hydrogen-bond donors (Lipinski definition) is 1. The lowest BCUT2D eigenvalue weighted by Crippen LogP contribution is -2.10. The van der Waals surface area contributed by atoms with Gasteiger partial charge in [0, 0.05) is 6.20 Å². The van der Waals surface area contributed by atoms with Crippen molar-refractivity contribution in [3.8, 4) is 5.82 Å². The molecule has 3 heterocycles. The highest BCUT2D eigenvalue weighted by Gasteiger charge is 2.10. The Labute approximate surface area is 108 Å². The van der Waals surface area contributed by atoms with Crippen LogP contribution in [0.5, 0.6) is 0 Å². The highest BCUT2D eigenvalue weighted by molar-refractivity contribution is 6.02. The molecule has 0 aromatic carbocycles. The Morgan fingerprint density at radius 1 is 1.26 bits per heavy atom. The van der Waals surface area contributed by atoms with Crippen LogP contribution < -0.4 is 5.32 Å². The first kappa shape index (κ1) is 11.2. The molecular formula is C13H10N4O2. The van der Waals surface area contributed by atoms with Crippen molar-refractivity contribution in [2.45, 2.75) is 0 Å². The molecule has 0 fully saturated rings. The average Bonchev–Trinajstić information content (AvgIpc) is 3.11. The lowest BCUT2D eigenvalue weighted by Gasteiger charge is -1.99. The summed E-state index contributed by atoms with van der Waals surface area (Å²) in [5.74, 6) is 0.622. The van der Waals surface area contributed by atoms with Crippen LogP contribution in [0.4, 0.5) is 5.69 Å². The van der Waals surface area contributed by atoms with Gasteiger partial charge in [0.25, 0.3) is 5.91 Å². The Kier molecular flexibility index (Phi) is 2.82. The van der Waals surface area contributed by atoms with Gasteiger partial charge >= 0.3 is 0 Å². The Bertz CT molecular complexity index is 674. The first-order valence-corrected chi connectivity index (χ1v) is 5.64. The van der Waals surface area contributed by atoms with Gasteiger partial charge in [-0.25, -0.2) is 9.67 Å². The van der Waals surface area contributed by atoms with Gasteiger partial charge in [-0.2, -0.15) is 5.10 Å². The number of carbonyl (C=O) groups is 1. The number of rotatable bonds is 3. The zero-order chi connectivity index (χ0) is 13.1. The Balaban J connectivity index is 1.77. The molecule has 3 aromatic heterocycles. The van der Waals surface area contributed by atoms with E-state index in [9.17, 15) is 4.79 Å². The minimum Gasteiger partial charge on any atom is -0.459 e. The molecule has 3 rings (SSSR count). The van der Waals surface area contributed by atoms with Crippen molar-refractivity contribution in [3.63, 3.8) is 0 Å². The van der Waals surface area contributed by atoms with Crippen LogP contribution in [0.3, 0.4) is 0 Å². The lowest BCUT2D eigenvalue weighted by atomic mass is 10.4. The first-order chi connectivity index (χ1) is 9.33. The van der Waals surface area contributed by atoms with Gasteiger partial charge in [-0.05, 0) is 24.3 Å². The number of pyridine rings is 1. The summed E-state index contributed by atoms with van der Waals surface area (Å²) in [7, 11) is 0. The second kappa shape index (κ2) is 4.77. The van der Waals surface area contributed by atoms with Crippen molar-refractivity contribution < 1.29 is 9.21 Å². The second-order valence-corrected chi connectivity index (χ2v) is 3.79. The summed E-state index contributed by atoms with van der Waals surface area (Å²) >= 11 is 0. The molecule has 6 nitrogen and oxygen atoms in total. The molecule has 1 amide bonds. The molecule has 0 aliphatic heterocycles. The molecule has 0 saturated heterocycles. The largest absolute Gasteiger partial charge is 0.459 e. The van der Waals surface area contributed by atoms with Crippen LogP contribution in [0, 0.1) is 0 Å². The molecule has 94 valence electrons. The molecule has 6 heteroatoms. The predicted molar refractivity (Wildman–Crippen MR) is 68.0 cm³/mol. The van der Waals surface area contributed by atoms with Crippen LogP contribution >= 0.6 is 0 Å². The molecule has 1 N–H and O–H groups in total. The molecule has 0 radical (unpaired) electrons. The fourth-order valence-corrected chi connectivity index (χ4v) is 1.60. The van der Waals surface area contributed by atoms with Gasteiger partial charge in [-0.3, -0.25) is 4.79 Å². The van der Waals surface area contributed by atoms with Gasteiger partial charge in [0.2, 0.25) is 0 Å². The van der Waals surface area contributed by atoms with E-state index in [-0.39, 0.29) is 11.7 Å². The van der Waals surface area contributed by atoms with Crippen molar-refractivity contribution in [1.29, 1.82) is 0 Å². The van der Waals surface area contributed by atoms with Crippen molar-refractivity contribution in [2.24, 2.45) is 0 Å². The van der Waals surface area contributed by atoms with Crippen LogP contribution in [-0.4, -0.2) is 20.7 Å². The highest BCUT2D eigenvalue weighted by Crippen LogP contribution is 2.11. The SMILES string of the molecule is O=C(Nc1cnn(-c2ccccn2)c1)c1ccco1. The Hall–Kier alpha value is -2.89. The third kappa shape index (κ3) is 2.37. The van der Waals surface area contributed by atoms with Crippen LogP contribution in [0.2, 0.25) is 0 Å². The minimum absolute atomic E-state index is 0.255. The first-order valence-electron chi connectivity index (χ1n) is 5.64. The van der Waals surface area contributed by atoms with Crippen LogP contribution in [0.25, 0.3) is 5.82 Å². The summed E-state index contributed by atoms with van der Waals surface area (Å²) < 4.78 is 6.59. The molecule has 0 aliphatic carbocycles. The highest BCUT2D eigenvalue weighted by atomic mass is 16.3. The lowest BCUT2D eigenvalue weighted by molar-refractivity contribution is 0.0996. The standard InChI is InChI=1S/C13H10N4O2/c18-13(11-4-3-7-19-11)16-10-8-15-17(9-10)12-5-1-2-6-14-12/h1-9H,(H,16,18). The van der Waals surface area contributed by atoms with E-state index in [4.69, 9.17) is 4.42 Å². The molecule has 0 atom stereocenters. The smallest absolute Gasteiger partial charge is 0.291 e. The van der Waals surface area contributed by atoms with Gasteiger partial charge < -0.3 is 9.73 Å². The monoisotopic (exact) mass is 254 g/mol. The molecule has 3 aromatic rings. The number of amides is 1. The van der Waals surface area contributed by atoms with E-state index in [1.54, 1.807) is 35.4 Å². The van der Waals surface area contributed by atoms with Gasteiger partial charge in [0.05, 0.1) is 24.3 Å². The fraction of sp³-hybridized carbons (Fsp3) is 0. The Morgan fingerprint density at radius 2 is 2.21 bits per heavy atom. The summed E-state index contributed by atoms with van der Waals surface area (Å²) in [5.41, 5.74) is 0.576. The van der Waals surface area contributed by atoms with E-state index in [1.807, 2.05) is 18.2 Å². The Morgan fingerprint density at radius 3 is 2.95 bits per heavy atom. The molecule has 0 spiro atoms. The normalized spacial score (nSPS) is 10.3. The third-order valence-electron chi connectivity index (χ3n) is 2.47. The zero-order valence-corrected chi connectivity index (χ0v) is 9.85. The van der Waals surface area contributed by atoms with Gasteiger partial charge in [-0.1, -0.05) is 6.07 Å². The maximum atomic E-state index is 11.8. The number of carbonyl (C=O) groups excluding carboxylic acids is 1. The van der Waals surface area contributed by atoms with Crippen molar-refractivity contribution >= 4 is 11.6 Å². The molecule has 0 unspecified atom stereocenters.